The van der Waals surface area contributed by atoms with Crippen LogP contribution < -0.4 is 9.80 Å². The van der Waals surface area contributed by atoms with E-state index in [1.807, 2.05) is 30.3 Å². The molecule has 0 radical (unpaired) electrons. The fraction of sp³-hybridized carbons (Fsp3) is 0.211. The second-order valence-corrected chi connectivity index (χ2v) is 5.71. The molecule has 3 rings (SSSR count). The van der Waals surface area contributed by atoms with Gasteiger partial charge in [0.2, 0.25) is 0 Å². The van der Waals surface area contributed by atoms with Gasteiger partial charge in [-0.25, -0.2) is 14.6 Å². The summed E-state index contributed by atoms with van der Waals surface area (Å²) in [5.74, 6) is 1.18. The molecule has 1 heterocycles. The van der Waals surface area contributed by atoms with Gasteiger partial charge in [0.15, 0.2) is 0 Å². The van der Waals surface area contributed by atoms with E-state index in [0.29, 0.717) is 22.0 Å². The molecule has 7 heteroatoms. The highest BCUT2D eigenvalue weighted by atomic mass is 16.7. The van der Waals surface area contributed by atoms with Crippen LogP contribution in [0.15, 0.2) is 48.5 Å². The molecule has 0 bridgehead atoms. The number of aromatic nitrogens is 2. The van der Waals surface area contributed by atoms with E-state index < -0.39 is 0 Å². The predicted octanol–water partition coefficient (Wildman–Crippen LogP) is 1.09. The third-order valence-electron chi connectivity index (χ3n) is 4.07. The van der Waals surface area contributed by atoms with Crippen LogP contribution in [0, 0.1) is 11.3 Å². The maximum atomic E-state index is 12.3. The molecule has 1 atom stereocenters. The molecule has 1 N–H and O–H groups in total. The van der Waals surface area contributed by atoms with Crippen LogP contribution >= 0.6 is 0 Å². The number of carbonyl (C=O) groups excluding carboxylic acids is 1. The van der Waals surface area contributed by atoms with E-state index in [2.05, 4.69) is 11.1 Å². The maximum Gasteiger partial charge on any atom is 0.363 e. The molecule has 2 aromatic carbocycles. The molecule has 0 aliphatic rings. The number of ether oxygens (including phenoxy) is 1. The Bertz CT molecular complexity index is 960. The van der Waals surface area contributed by atoms with Crippen molar-refractivity contribution in [1.29, 1.82) is 5.26 Å². The summed E-state index contributed by atoms with van der Waals surface area (Å²) in [7, 11) is 3.10. The van der Waals surface area contributed by atoms with Gasteiger partial charge in [-0.2, -0.15) is 5.26 Å². The quantitative estimate of drug-likeness (QED) is 0.673. The molecule has 0 fully saturated rings. The van der Waals surface area contributed by atoms with Crippen molar-refractivity contribution in [3.05, 3.63) is 59.9 Å². The summed E-state index contributed by atoms with van der Waals surface area (Å²) < 4.78 is 7.59. The smallest absolute Gasteiger partial charge is 0.363 e. The number of amides is 1. The van der Waals surface area contributed by atoms with Crippen molar-refractivity contribution in [2.75, 3.05) is 14.2 Å². The van der Waals surface area contributed by atoms with Crippen LogP contribution in [0.1, 0.15) is 11.4 Å². The molecule has 0 aliphatic heterocycles. The van der Waals surface area contributed by atoms with Crippen LogP contribution in [0.4, 0.5) is 0 Å². The van der Waals surface area contributed by atoms with Crippen LogP contribution in [0.5, 0.6) is 5.75 Å². The number of carbonyl (C=O) groups is 1. The van der Waals surface area contributed by atoms with Crippen molar-refractivity contribution >= 4 is 16.9 Å². The lowest BCUT2D eigenvalue weighted by Gasteiger charge is -2.11. The fourth-order valence-corrected chi connectivity index (χ4v) is 2.57. The number of nitrogens with zero attached hydrogens (tertiary/aromatic N) is 3. The summed E-state index contributed by atoms with van der Waals surface area (Å²) in [4.78, 5) is 21.9. The van der Waals surface area contributed by atoms with Crippen molar-refractivity contribution in [2.24, 2.45) is 0 Å². The van der Waals surface area contributed by atoms with Crippen LogP contribution in [0.2, 0.25) is 0 Å². The van der Waals surface area contributed by atoms with Crippen molar-refractivity contribution < 1.29 is 19.4 Å². The average molecular weight is 351 g/mol. The van der Waals surface area contributed by atoms with Gasteiger partial charge in [0, 0.05) is 0 Å². The van der Waals surface area contributed by atoms with Crippen LogP contribution in [-0.2, 0) is 22.8 Å². The van der Waals surface area contributed by atoms with Gasteiger partial charge in [0.05, 0.1) is 29.8 Å². The van der Waals surface area contributed by atoms with Crippen LogP contribution in [-0.4, -0.2) is 29.6 Å². The molecule has 0 aliphatic carbocycles. The van der Waals surface area contributed by atoms with Gasteiger partial charge in [-0.3, -0.25) is 0 Å². The van der Waals surface area contributed by atoms with E-state index in [0.717, 1.165) is 11.3 Å². The largest absolute Gasteiger partial charge is 0.486 e. The highest BCUT2D eigenvalue weighted by molar-refractivity contribution is 5.79. The molecule has 1 unspecified atom stereocenters. The van der Waals surface area contributed by atoms with E-state index in [4.69, 9.17) is 14.8 Å². The van der Waals surface area contributed by atoms with Gasteiger partial charge in [0.25, 0.3) is 0 Å². The summed E-state index contributed by atoms with van der Waals surface area (Å²) in [6.07, 6.45) is 0. The second-order valence-electron chi connectivity index (χ2n) is 5.71. The van der Waals surface area contributed by atoms with Gasteiger partial charge in [-0.1, -0.05) is 18.2 Å². The maximum absolute atomic E-state index is 12.3. The number of nitrogens with one attached hydrogen (secondary N) is 1. The van der Waals surface area contributed by atoms with Crippen molar-refractivity contribution in [3.8, 4) is 11.8 Å². The van der Waals surface area contributed by atoms with Crippen LogP contribution in [0.3, 0.4) is 0 Å². The number of hydroxylamine groups is 2. The number of benzene rings is 2. The minimum absolute atomic E-state index is 0.0928. The molecule has 132 valence electrons. The molecule has 0 saturated carbocycles. The van der Waals surface area contributed by atoms with E-state index in [1.165, 1.54) is 7.11 Å². The first kappa shape index (κ1) is 17.6. The minimum Gasteiger partial charge on any atom is -0.486 e. The minimum atomic E-state index is -0.142. The molecule has 26 heavy (non-hydrogen) atoms. The lowest BCUT2D eigenvalue weighted by molar-refractivity contribution is -1.01. The van der Waals surface area contributed by atoms with E-state index >= 15 is 0 Å². The number of quaternary nitrogens is 1. The first-order valence-electron chi connectivity index (χ1n) is 8.10. The number of nitriles is 1. The Hall–Kier alpha value is -3.21. The zero-order valence-electron chi connectivity index (χ0n) is 14.6. The van der Waals surface area contributed by atoms with Gasteiger partial charge in [-0.05, 0) is 30.3 Å². The number of rotatable bonds is 6. The SMILES string of the molecule is CO[NH+](C)C(=O)Cn1c(COc2ccccc2)nc2cc(C#N)ccc21. The number of likely N-dealkylation sites (N-methyl/N-ethyl adjacent to an activating group) is 1. The van der Waals surface area contributed by atoms with Gasteiger partial charge in [0.1, 0.15) is 31.8 Å². The third kappa shape index (κ3) is 3.72. The number of fused-ring (bicyclic) bond motifs is 1. The molecule has 1 amide bonds. The second kappa shape index (κ2) is 7.78. The normalized spacial score (nSPS) is 11.9. The van der Waals surface area contributed by atoms with E-state index in [9.17, 15) is 4.79 Å². The molecular weight excluding hydrogens is 332 g/mol. The molecule has 7 nitrogen and oxygen atoms in total. The summed E-state index contributed by atoms with van der Waals surface area (Å²) >= 11 is 0. The molecule has 1 aromatic heterocycles. The zero-order valence-corrected chi connectivity index (χ0v) is 14.6. The van der Waals surface area contributed by atoms with Crippen molar-refractivity contribution in [3.63, 3.8) is 0 Å². The summed E-state index contributed by atoms with van der Waals surface area (Å²) in [5, 5.41) is 9.42. The van der Waals surface area contributed by atoms with E-state index in [1.54, 1.807) is 29.8 Å². The standard InChI is InChI=1S/C19H18N4O3/c1-22(25-2)19(24)12-23-17-9-8-14(11-20)10-16(17)21-18(23)13-26-15-6-4-3-5-7-15/h3-10H,12-13H2,1-2H3/p+1. The first-order valence-corrected chi connectivity index (χ1v) is 8.10. The molecule has 3 aromatic rings. The van der Waals surface area contributed by atoms with Gasteiger partial charge in [-0.15, -0.1) is 5.06 Å². The number of hydrogen-bond acceptors (Lipinski definition) is 5. The summed E-state index contributed by atoms with van der Waals surface area (Å²) in [6.45, 7) is 0.301. The van der Waals surface area contributed by atoms with Gasteiger partial charge < -0.3 is 9.30 Å². The van der Waals surface area contributed by atoms with Crippen molar-refractivity contribution in [1.82, 2.24) is 9.55 Å². The summed E-state index contributed by atoms with van der Waals surface area (Å²) in [5.41, 5.74) is 1.94. The molecular formula is C19H19N4O3+. The lowest BCUT2D eigenvalue weighted by Crippen LogP contribution is -3.10. The Kier molecular flexibility index (Phi) is 5.27. The average Bonchev–Trinajstić information content (AvgIpc) is 3.02. The Labute approximate surface area is 150 Å². The number of para-hydroxylation sites is 1. The Morgan fingerprint density at radius 1 is 1.27 bits per heavy atom. The van der Waals surface area contributed by atoms with Crippen molar-refractivity contribution in [2.45, 2.75) is 13.2 Å². The summed E-state index contributed by atoms with van der Waals surface area (Å²) in [6, 6.07) is 16.7. The Balaban J connectivity index is 1.95. The molecule has 0 saturated heterocycles. The lowest BCUT2D eigenvalue weighted by atomic mass is 10.2. The highest BCUT2D eigenvalue weighted by Gasteiger charge is 2.20. The Morgan fingerprint density at radius 2 is 2.04 bits per heavy atom. The van der Waals surface area contributed by atoms with E-state index in [-0.39, 0.29) is 19.1 Å². The third-order valence-corrected chi connectivity index (χ3v) is 4.07. The Morgan fingerprint density at radius 3 is 2.73 bits per heavy atom. The van der Waals surface area contributed by atoms with Crippen LogP contribution in [0.25, 0.3) is 11.0 Å². The molecule has 0 spiro atoms. The zero-order chi connectivity index (χ0) is 18.5. The highest BCUT2D eigenvalue weighted by Crippen LogP contribution is 2.19. The first-order chi connectivity index (χ1) is 12.6. The fourth-order valence-electron chi connectivity index (χ4n) is 2.57. The predicted molar refractivity (Wildman–Crippen MR) is 94.1 cm³/mol. The van der Waals surface area contributed by atoms with Gasteiger partial charge >= 0.3 is 5.91 Å². The number of imidazole rings is 1. The topological polar surface area (TPSA) is 81.6 Å². The monoisotopic (exact) mass is 351 g/mol. The number of hydrogen-bond donors (Lipinski definition) is 1.